The van der Waals surface area contributed by atoms with E-state index in [0.717, 1.165) is 60.7 Å². The number of allylic oxidation sites excluding steroid dienone is 1. The van der Waals surface area contributed by atoms with E-state index in [0.29, 0.717) is 11.8 Å². The van der Waals surface area contributed by atoms with E-state index in [1.165, 1.54) is 89.9 Å². The van der Waals surface area contributed by atoms with E-state index in [2.05, 4.69) is 40.7 Å². The molecule has 2 heteroatoms. The summed E-state index contributed by atoms with van der Waals surface area (Å²) in [6.07, 6.45) is 25.5. The Balaban J connectivity index is 1.27. The highest BCUT2D eigenvalue weighted by Gasteiger charge is 2.56. The summed E-state index contributed by atoms with van der Waals surface area (Å²) in [5, 5.41) is 0. The van der Waals surface area contributed by atoms with Gasteiger partial charge in [-0.05, 0) is 98.2 Å². The van der Waals surface area contributed by atoms with Gasteiger partial charge in [-0.25, -0.2) is 0 Å². The number of esters is 1. The molecule has 0 spiro atoms. The molecule has 0 N–H and O–H groups in total. The quantitative estimate of drug-likeness (QED) is 0.139. The van der Waals surface area contributed by atoms with Crippen molar-refractivity contribution < 1.29 is 9.53 Å². The van der Waals surface area contributed by atoms with Crippen molar-refractivity contribution in [1.82, 2.24) is 0 Å². The SMILES string of the molecule is CCCCCCCCC(=O)O[C@H]1CC[C@H]2C(=CC[C@@H]3[C@H]2CC[C@@]2(C)[C@@H]3CC[C@@H]2[C@H](C)CCCC(C)C)C1. The van der Waals surface area contributed by atoms with E-state index < -0.39 is 0 Å². The number of carbonyl (C=O) groups excluding carboxylic acids is 1. The molecule has 37 heavy (non-hydrogen) atoms. The van der Waals surface area contributed by atoms with Crippen molar-refractivity contribution in [2.24, 2.45) is 46.8 Å². The molecule has 0 bridgehead atoms. The minimum absolute atomic E-state index is 0.0566. The first kappa shape index (κ1) is 29.2. The Bertz CT molecular complexity index is 752. The van der Waals surface area contributed by atoms with Crippen LogP contribution in [0.15, 0.2) is 11.6 Å². The Kier molecular flexibility index (Phi) is 10.7. The fourth-order valence-electron chi connectivity index (χ4n) is 9.65. The van der Waals surface area contributed by atoms with Crippen molar-refractivity contribution in [2.45, 2.75) is 156 Å². The highest BCUT2D eigenvalue weighted by atomic mass is 16.5. The van der Waals surface area contributed by atoms with Crippen molar-refractivity contribution in [1.29, 1.82) is 0 Å². The van der Waals surface area contributed by atoms with Crippen LogP contribution in [0.3, 0.4) is 0 Å². The molecule has 4 rings (SSSR count). The molecule has 0 heterocycles. The Morgan fingerprint density at radius 1 is 0.946 bits per heavy atom. The lowest BCUT2D eigenvalue weighted by molar-refractivity contribution is -0.150. The molecular weight excluding hydrogens is 452 g/mol. The maximum atomic E-state index is 12.5. The molecule has 8 atom stereocenters. The first-order valence-electron chi connectivity index (χ1n) is 16.7. The van der Waals surface area contributed by atoms with Gasteiger partial charge in [0.1, 0.15) is 6.10 Å². The summed E-state index contributed by atoms with van der Waals surface area (Å²) >= 11 is 0. The van der Waals surface area contributed by atoms with Crippen LogP contribution in [0.25, 0.3) is 0 Å². The van der Waals surface area contributed by atoms with Gasteiger partial charge in [-0.1, -0.05) is 97.6 Å². The first-order chi connectivity index (χ1) is 17.8. The number of carbonyl (C=O) groups is 1. The van der Waals surface area contributed by atoms with Gasteiger partial charge in [-0.2, -0.15) is 0 Å². The van der Waals surface area contributed by atoms with E-state index >= 15 is 0 Å². The summed E-state index contributed by atoms with van der Waals surface area (Å²) in [5.41, 5.74) is 2.23. The number of rotatable bonds is 13. The van der Waals surface area contributed by atoms with Gasteiger partial charge in [0.25, 0.3) is 0 Å². The smallest absolute Gasteiger partial charge is 0.306 e. The van der Waals surface area contributed by atoms with Gasteiger partial charge in [-0.3, -0.25) is 4.79 Å². The van der Waals surface area contributed by atoms with Gasteiger partial charge in [0.2, 0.25) is 0 Å². The molecule has 2 nitrogen and oxygen atoms in total. The van der Waals surface area contributed by atoms with Gasteiger partial charge >= 0.3 is 5.97 Å². The third-order valence-corrected chi connectivity index (χ3v) is 11.6. The lowest BCUT2D eigenvalue weighted by Gasteiger charge is -2.54. The zero-order chi connectivity index (χ0) is 26.4. The third kappa shape index (κ3) is 7.05. The average Bonchev–Trinajstić information content (AvgIpc) is 3.23. The molecule has 4 aliphatic carbocycles. The zero-order valence-corrected chi connectivity index (χ0v) is 25.2. The molecule has 3 fully saturated rings. The highest BCUT2D eigenvalue weighted by molar-refractivity contribution is 5.69. The topological polar surface area (TPSA) is 26.3 Å². The summed E-state index contributed by atoms with van der Waals surface area (Å²) in [5.74, 6) is 6.26. The van der Waals surface area contributed by atoms with E-state index in [4.69, 9.17) is 4.74 Å². The summed E-state index contributed by atoms with van der Waals surface area (Å²) in [7, 11) is 0. The van der Waals surface area contributed by atoms with Crippen molar-refractivity contribution in [3.8, 4) is 0 Å². The molecule has 4 aliphatic rings. The molecule has 0 aromatic rings. The van der Waals surface area contributed by atoms with Gasteiger partial charge in [0.05, 0.1) is 0 Å². The van der Waals surface area contributed by atoms with Gasteiger partial charge in [0.15, 0.2) is 0 Å². The predicted octanol–water partition coefficient (Wildman–Crippen LogP) is 10.3. The van der Waals surface area contributed by atoms with E-state index in [1.807, 2.05) is 0 Å². The molecule has 0 aliphatic heterocycles. The molecule has 212 valence electrons. The average molecular weight is 513 g/mol. The van der Waals surface area contributed by atoms with E-state index in [1.54, 1.807) is 5.57 Å². The Hall–Kier alpha value is -0.790. The van der Waals surface area contributed by atoms with E-state index in [-0.39, 0.29) is 12.1 Å². The van der Waals surface area contributed by atoms with Crippen molar-refractivity contribution in [2.75, 3.05) is 0 Å². The van der Waals surface area contributed by atoms with Crippen LogP contribution in [-0.2, 0) is 9.53 Å². The molecular formula is C35H60O2. The van der Waals surface area contributed by atoms with Crippen LogP contribution in [0.1, 0.15) is 150 Å². The maximum Gasteiger partial charge on any atom is 0.306 e. The van der Waals surface area contributed by atoms with Crippen LogP contribution in [-0.4, -0.2) is 12.1 Å². The Labute approximate surface area is 230 Å². The Morgan fingerprint density at radius 2 is 1.73 bits per heavy atom. The predicted molar refractivity (Wildman–Crippen MR) is 156 cm³/mol. The van der Waals surface area contributed by atoms with E-state index in [9.17, 15) is 4.79 Å². The monoisotopic (exact) mass is 512 g/mol. The minimum Gasteiger partial charge on any atom is -0.462 e. The van der Waals surface area contributed by atoms with Gasteiger partial charge in [0, 0.05) is 12.8 Å². The second-order valence-corrected chi connectivity index (χ2v) is 14.5. The van der Waals surface area contributed by atoms with Crippen LogP contribution in [0, 0.1) is 46.8 Å². The zero-order valence-electron chi connectivity index (χ0n) is 25.2. The van der Waals surface area contributed by atoms with Crippen LogP contribution < -0.4 is 0 Å². The van der Waals surface area contributed by atoms with Crippen molar-refractivity contribution in [3.05, 3.63) is 11.6 Å². The maximum absolute atomic E-state index is 12.5. The number of unbranched alkanes of at least 4 members (excludes halogenated alkanes) is 5. The normalized spacial score (nSPS) is 35.9. The van der Waals surface area contributed by atoms with Crippen LogP contribution in [0.5, 0.6) is 0 Å². The second-order valence-electron chi connectivity index (χ2n) is 14.5. The number of hydrogen-bond donors (Lipinski definition) is 0. The van der Waals surface area contributed by atoms with Crippen molar-refractivity contribution in [3.63, 3.8) is 0 Å². The third-order valence-electron chi connectivity index (χ3n) is 11.6. The van der Waals surface area contributed by atoms with Crippen LogP contribution in [0.2, 0.25) is 0 Å². The summed E-state index contributed by atoms with van der Waals surface area (Å²) < 4.78 is 6.00. The lowest BCUT2D eigenvalue weighted by atomic mass is 9.51. The molecule has 0 unspecified atom stereocenters. The van der Waals surface area contributed by atoms with Gasteiger partial charge in [-0.15, -0.1) is 0 Å². The molecule has 0 aromatic heterocycles. The van der Waals surface area contributed by atoms with Crippen molar-refractivity contribution >= 4 is 5.97 Å². The summed E-state index contributed by atoms with van der Waals surface area (Å²) in [6.45, 7) is 12.3. The largest absolute Gasteiger partial charge is 0.462 e. The fraction of sp³-hybridized carbons (Fsp3) is 0.914. The standard InChI is InChI=1S/C35H60O2/c1-6-7-8-9-10-11-15-34(36)37-28-17-19-29-27(24-28)16-18-31-30(29)22-23-35(5)32(20-21-33(31)35)26(4)14-12-13-25(2)3/h16,25-26,28-33H,6-15,17-24H2,1-5H3/t26-,28+,29+,30+,31-,32-,33-,35-/m1/s1. The number of ether oxygens (including phenoxy) is 1. The summed E-state index contributed by atoms with van der Waals surface area (Å²) in [4.78, 5) is 12.5. The first-order valence-corrected chi connectivity index (χ1v) is 16.7. The molecule has 0 amide bonds. The van der Waals surface area contributed by atoms with Gasteiger partial charge < -0.3 is 4.74 Å². The molecule has 3 saturated carbocycles. The second kappa shape index (κ2) is 13.5. The lowest BCUT2D eigenvalue weighted by Crippen LogP contribution is -2.47. The molecule has 0 saturated heterocycles. The van der Waals surface area contributed by atoms with Crippen LogP contribution in [0.4, 0.5) is 0 Å². The number of hydrogen-bond acceptors (Lipinski definition) is 2. The Morgan fingerprint density at radius 3 is 2.51 bits per heavy atom. The number of fused-ring (bicyclic) bond motifs is 5. The highest BCUT2D eigenvalue weighted by Crippen LogP contribution is 2.64. The molecule has 0 aromatic carbocycles. The minimum atomic E-state index is 0.0566. The van der Waals surface area contributed by atoms with Crippen LogP contribution >= 0.6 is 0 Å². The molecule has 0 radical (unpaired) electrons. The summed E-state index contributed by atoms with van der Waals surface area (Å²) in [6, 6.07) is 0. The fourth-order valence-corrected chi connectivity index (χ4v) is 9.65.